The Morgan fingerprint density at radius 1 is 1.29 bits per heavy atom. The lowest BCUT2D eigenvalue weighted by Gasteiger charge is -2.13. The third kappa shape index (κ3) is 2.75. The van der Waals surface area contributed by atoms with E-state index in [0.717, 1.165) is 34.4 Å². The van der Waals surface area contributed by atoms with Crippen LogP contribution in [0.2, 0.25) is 0 Å². The monoisotopic (exact) mass is 284 g/mol. The molecule has 0 spiro atoms. The van der Waals surface area contributed by atoms with Crippen molar-refractivity contribution in [2.75, 3.05) is 7.11 Å². The van der Waals surface area contributed by atoms with Crippen molar-refractivity contribution in [1.29, 1.82) is 0 Å². The first-order valence-electron chi connectivity index (χ1n) is 6.87. The van der Waals surface area contributed by atoms with Gasteiger partial charge >= 0.3 is 0 Å². The maximum Gasteiger partial charge on any atom is 0.253 e. The van der Waals surface area contributed by atoms with Crippen molar-refractivity contribution < 1.29 is 4.74 Å². The highest BCUT2D eigenvalue weighted by Crippen LogP contribution is 2.36. The molecule has 4 nitrogen and oxygen atoms in total. The molecule has 0 aliphatic heterocycles. The van der Waals surface area contributed by atoms with E-state index >= 15 is 0 Å². The Morgan fingerprint density at radius 2 is 2.00 bits per heavy atom. The van der Waals surface area contributed by atoms with Crippen molar-refractivity contribution in [2.24, 2.45) is 12.0 Å². The Bertz CT molecular complexity index is 694. The second kappa shape index (κ2) is 5.95. The van der Waals surface area contributed by atoms with Gasteiger partial charge in [-0.15, -0.1) is 0 Å². The first-order chi connectivity index (χ1) is 10.0. The number of aryl methyl sites for hydroxylation is 3. The number of aromatic nitrogens is 1. The summed E-state index contributed by atoms with van der Waals surface area (Å²) >= 11 is 0. The van der Waals surface area contributed by atoms with Gasteiger partial charge in [-0.1, -0.05) is 6.92 Å². The van der Waals surface area contributed by atoms with Crippen molar-refractivity contribution >= 4 is 12.4 Å². The second-order valence-electron chi connectivity index (χ2n) is 5.03. The lowest BCUT2D eigenvalue weighted by atomic mass is 10.00. The van der Waals surface area contributed by atoms with Crippen LogP contribution in [0.4, 0.5) is 5.69 Å². The van der Waals surface area contributed by atoms with E-state index in [2.05, 4.69) is 24.7 Å². The molecular formula is C17H20N2O2. The summed E-state index contributed by atoms with van der Waals surface area (Å²) in [6.07, 6.45) is 2.67. The van der Waals surface area contributed by atoms with Gasteiger partial charge in [0, 0.05) is 18.8 Å². The quantitative estimate of drug-likeness (QED) is 0.809. The molecule has 0 aliphatic carbocycles. The third-order valence-corrected chi connectivity index (χ3v) is 3.61. The summed E-state index contributed by atoms with van der Waals surface area (Å²) < 4.78 is 7.02. The molecule has 0 radical (unpaired) electrons. The van der Waals surface area contributed by atoms with Crippen LogP contribution < -0.4 is 10.3 Å². The van der Waals surface area contributed by atoms with E-state index in [1.807, 2.05) is 25.3 Å². The van der Waals surface area contributed by atoms with Crippen LogP contribution in [0.25, 0.3) is 11.1 Å². The number of pyridine rings is 1. The molecule has 2 rings (SSSR count). The topological polar surface area (TPSA) is 43.6 Å². The molecule has 1 heterocycles. The largest absolute Gasteiger partial charge is 0.494 e. The molecule has 110 valence electrons. The molecule has 0 saturated carbocycles. The summed E-state index contributed by atoms with van der Waals surface area (Å²) in [6.45, 7) is 7.51. The molecule has 0 amide bonds. The van der Waals surface area contributed by atoms with Gasteiger partial charge in [-0.3, -0.25) is 9.79 Å². The summed E-state index contributed by atoms with van der Waals surface area (Å²) in [7, 11) is 3.38. The first-order valence-corrected chi connectivity index (χ1v) is 6.87. The standard InChI is InChI=1S/C17H20N2O2/c1-6-12-8-13(9-15(21-5)16(12)18-3)14-7-11(2)17(20)19(4)10-14/h7-10H,3,6H2,1-2,4-5H3. The Kier molecular flexibility index (Phi) is 4.26. The van der Waals surface area contributed by atoms with Crippen molar-refractivity contribution in [2.45, 2.75) is 20.3 Å². The Hall–Kier alpha value is -2.36. The highest BCUT2D eigenvalue weighted by molar-refractivity contribution is 5.73. The molecule has 4 heteroatoms. The molecular weight excluding hydrogens is 264 g/mol. The Labute approximate surface area is 124 Å². The van der Waals surface area contributed by atoms with Crippen LogP contribution in [0.15, 0.2) is 34.2 Å². The molecule has 21 heavy (non-hydrogen) atoms. The summed E-state index contributed by atoms with van der Waals surface area (Å²) in [5, 5.41) is 0. The van der Waals surface area contributed by atoms with Gasteiger partial charge in [0.15, 0.2) is 0 Å². The minimum Gasteiger partial charge on any atom is -0.494 e. The van der Waals surface area contributed by atoms with E-state index in [0.29, 0.717) is 5.75 Å². The number of nitrogens with zero attached hydrogens (tertiary/aromatic N) is 2. The fourth-order valence-electron chi connectivity index (χ4n) is 2.47. The van der Waals surface area contributed by atoms with Gasteiger partial charge in [-0.2, -0.15) is 0 Å². The minimum atomic E-state index is 0.0193. The predicted octanol–water partition coefficient (Wildman–Crippen LogP) is 3.26. The highest BCUT2D eigenvalue weighted by Gasteiger charge is 2.11. The molecule has 1 aromatic carbocycles. The lowest BCUT2D eigenvalue weighted by Crippen LogP contribution is -2.18. The van der Waals surface area contributed by atoms with Gasteiger partial charge in [0.05, 0.1) is 7.11 Å². The summed E-state index contributed by atoms with van der Waals surface area (Å²) in [6, 6.07) is 5.91. The molecule has 0 unspecified atom stereocenters. The van der Waals surface area contributed by atoms with Gasteiger partial charge in [0.1, 0.15) is 11.4 Å². The third-order valence-electron chi connectivity index (χ3n) is 3.61. The van der Waals surface area contributed by atoms with Gasteiger partial charge < -0.3 is 9.30 Å². The zero-order valence-electron chi connectivity index (χ0n) is 12.9. The van der Waals surface area contributed by atoms with Crippen LogP contribution in [-0.2, 0) is 13.5 Å². The highest BCUT2D eigenvalue weighted by atomic mass is 16.5. The average molecular weight is 284 g/mol. The van der Waals surface area contributed by atoms with E-state index in [9.17, 15) is 4.79 Å². The first kappa shape index (κ1) is 15.0. The number of hydrogen-bond acceptors (Lipinski definition) is 3. The van der Waals surface area contributed by atoms with Crippen molar-refractivity contribution in [3.8, 4) is 16.9 Å². The summed E-state index contributed by atoms with van der Waals surface area (Å²) in [4.78, 5) is 15.9. The smallest absolute Gasteiger partial charge is 0.253 e. The maximum absolute atomic E-state index is 11.8. The zero-order valence-corrected chi connectivity index (χ0v) is 12.9. The van der Waals surface area contributed by atoms with Gasteiger partial charge in [0.25, 0.3) is 5.56 Å². The fourth-order valence-corrected chi connectivity index (χ4v) is 2.47. The number of ether oxygens (including phenoxy) is 1. The average Bonchev–Trinajstić information content (AvgIpc) is 2.50. The molecule has 1 aromatic heterocycles. The summed E-state index contributed by atoms with van der Waals surface area (Å²) in [5.74, 6) is 0.700. The van der Waals surface area contributed by atoms with Crippen LogP contribution in [0, 0.1) is 6.92 Å². The van der Waals surface area contributed by atoms with Gasteiger partial charge in [-0.05, 0) is 55.0 Å². The Balaban J connectivity index is 2.70. The SMILES string of the molecule is C=Nc1c(CC)cc(-c2cc(C)c(=O)n(C)c2)cc1OC. The molecule has 0 saturated heterocycles. The van der Waals surface area contributed by atoms with E-state index in [-0.39, 0.29) is 5.56 Å². The number of hydrogen-bond donors (Lipinski definition) is 0. The molecule has 0 fully saturated rings. The van der Waals surface area contributed by atoms with E-state index in [4.69, 9.17) is 4.74 Å². The molecule has 0 atom stereocenters. The van der Waals surface area contributed by atoms with Crippen molar-refractivity contribution in [3.05, 3.63) is 45.9 Å². The van der Waals surface area contributed by atoms with Crippen molar-refractivity contribution in [3.63, 3.8) is 0 Å². The number of aliphatic imine (C=N–C) groups is 1. The van der Waals surface area contributed by atoms with Crippen LogP contribution in [0.5, 0.6) is 5.75 Å². The number of methoxy groups -OCH3 is 1. The number of rotatable bonds is 4. The number of benzene rings is 1. The normalized spacial score (nSPS) is 10.5. The van der Waals surface area contributed by atoms with Gasteiger partial charge in [0.2, 0.25) is 0 Å². The van der Waals surface area contributed by atoms with Crippen LogP contribution >= 0.6 is 0 Å². The van der Waals surface area contributed by atoms with E-state index in [1.165, 1.54) is 0 Å². The Morgan fingerprint density at radius 3 is 2.52 bits per heavy atom. The molecule has 0 N–H and O–H groups in total. The molecule has 0 aliphatic rings. The van der Waals surface area contributed by atoms with Gasteiger partial charge in [-0.25, -0.2) is 0 Å². The van der Waals surface area contributed by atoms with E-state index < -0.39 is 0 Å². The lowest BCUT2D eigenvalue weighted by molar-refractivity contribution is 0.416. The summed E-state index contributed by atoms with van der Waals surface area (Å²) in [5.41, 5.74) is 4.59. The molecule has 0 bridgehead atoms. The van der Waals surface area contributed by atoms with Crippen LogP contribution in [0.3, 0.4) is 0 Å². The van der Waals surface area contributed by atoms with Crippen LogP contribution in [-0.4, -0.2) is 18.4 Å². The van der Waals surface area contributed by atoms with E-state index in [1.54, 1.807) is 18.7 Å². The second-order valence-corrected chi connectivity index (χ2v) is 5.03. The van der Waals surface area contributed by atoms with Crippen LogP contribution in [0.1, 0.15) is 18.1 Å². The molecule has 2 aromatic rings. The zero-order chi connectivity index (χ0) is 15.6. The van der Waals surface area contributed by atoms with Crippen molar-refractivity contribution in [1.82, 2.24) is 4.57 Å². The fraction of sp³-hybridized carbons (Fsp3) is 0.294. The maximum atomic E-state index is 11.8. The minimum absolute atomic E-state index is 0.0193. The predicted molar refractivity (Wildman–Crippen MR) is 87.0 cm³/mol.